The molecule has 0 aromatic heterocycles. The van der Waals surface area contributed by atoms with Crippen LogP contribution in [0.5, 0.6) is 0 Å². The number of quaternary nitrogens is 1. The second kappa shape index (κ2) is 63.5. The first-order chi connectivity index (χ1) is 39.5. The monoisotopic (exact) mass is 1160 g/mol. The molecule has 0 aromatic carbocycles. The van der Waals surface area contributed by atoms with Gasteiger partial charge in [0.05, 0.1) is 39.9 Å². The maximum Gasteiger partial charge on any atom is 0.268 e. The zero-order chi connectivity index (χ0) is 59.1. The molecule has 0 spiro atoms. The first-order valence-electron chi connectivity index (χ1n) is 36.2. The summed E-state index contributed by atoms with van der Waals surface area (Å²) in [6.07, 6.45) is 83.1. The van der Waals surface area contributed by atoms with Crippen molar-refractivity contribution in [3.63, 3.8) is 0 Å². The molecule has 0 rings (SSSR count). The van der Waals surface area contributed by atoms with E-state index in [1.54, 1.807) is 6.08 Å². The van der Waals surface area contributed by atoms with Crippen LogP contribution in [0.1, 0.15) is 380 Å². The van der Waals surface area contributed by atoms with Crippen LogP contribution in [-0.2, 0) is 18.4 Å². The van der Waals surface area contributed by atoms with Crippen molar-refractivity contribution < 1.29 is 32.9 Å². The molecule has 0 saturated heterocycles. The third-order valence-corrected chi connectivity index (χ3v) is 17.9. The van der Waals surface area contributed by atoms with Crippen molar-refractivity contribution in [1.29, 1.82) is 0 Å². The topological polar surface area (TPSA) is 108 Å². The second-order valence-electron chi connectivity index (χ2n) is 26.3. The average Bonchev–Trinajstić information content (AvgIpc) is 3.43. The molecule has 0 saturated carbocycles. The molecule has 0 aliphatic rings. The molecule has 8 nitrogen and oxygen atoms in total. The van der Waals surface area contributed by atoms with Crippen LogP contribution in [0.25, 0.3) is 0 Å². The molecule has 0 fully saturated rings. The van der Waals surface area contributed by atoms with Crippen LogP contribution in [0.3, 0.4) is 0 Å². The number of carbonyl (C=O) groups is 1. The molecule has 81 heavy (non-hydrogen) atoms. The van der Waals surface area contributed by atoms with Gasteiger partial charge >= 0.3 is 0 Å². The fraction of sp³-hybridized carbons (Fsp3) is 0.931. The van der Waals surface area contributed by atoms with E-state index < -0.39 is 20.0 Å². The molecule has 2 N–H and O–H groups in total. The largest absolute Gasteiger partial charge is 0.756 e. The Morgan fingerprint density at radius 1 is 0.420 bits per heavy atom. The normalized spacial score (nSPS) is 13.7. The molecule has 0 heterocycles. The number of carbonyl (C=O) groups excluding carboxylic acids is 1. The number of aliphatic hydroxyl groups is 1. The Bertz CT molecular complexity index is 1370. The number of phosphoric ester groups is 1. The Hall–Kier alpha value is -1.02. The minimum absolute atomic E-state index is 0.00218. The highest BCUT2D eigenvalue weighted by Crippen LogP contribution is 2.38. The van der Waals surface area contributed by atoms with Crippen molar-refractivity contribution in [2.75, 3.05) is 40.9 Å². The number of aliphatic hydroxyl groups excluding tert-OH is 1. The molecular formula is C72H143N2O6P. The summed E-state index contributed by atoms with van der Waals surface area (Å²) in [6.45, 7) is 4.71. The number of rotatable bonds is 68. The van der Waals surface area contributed by atoms with Gasteiger partial charge in [0.2, 0.25) is 5.91 Å². The lowest BCUT2D eigenvalue weighted by Crippen LogP contribution is -2.45. The fourth-order valence-electron chi connectivity index (χ4n) is 11.3. The predicted molar refractivity (Wildman–Crippen MR) is 353 cm³/mol. The summed E-state index contributed by atoms with van der Waals surface area (Å²) in [7, 11) is 1.28. The molecule has 0 radical (unpaired) electrons. The highest BCUT2D eigenvalue weighted by molar-refractivity contribution is 7.45. The van der Waals surface area contributed by atoms with E-state index >= 15 is 0 Å². The van der Waals surface area contributed by atoms with Crippen LogP contribution in [0.4, 0.5) is 0 Å². The molecular weight excluding hydrogens is 1020 g/mol. The molecule has 9 heteroatoms. The summed E-state index contributed by atoms with van der Waals surface area (Å²) < 4.78 is 23.5. The minimum atomic E-state index is -4.60. The Morgan fingerprint density at radius 2 is 0.679 bits per heavy atom. The number of hydrogen-bond donors (Lipinski definition) is 2. The van der Waals surface area contributed by atoms with Crippen LogP contribution in [0.15, 0.2) is 24.3 Å². The Labute approximate surface area is 506 Å². The quantitative estimate of drug-likeness (QED) is 0.0272. The number of amides is 1. The molecule has 3 atom stereocenters. The highest BCUT2D eigenvalue weighted by atomic mass is 31.2. The van der Waals surface area contributed by atoms with Gasteiger partial charge in [0.15, 0.2) is 0 Å². The fourth-order valence-corrected chi connectivity index (χ4v) is 12.0. The lowest BCUT2D eigenvalue weighted by molar-refractivity contribution is -0.870. The summed E-state index contributed by atoms with van der Waals surface area (Å²) in [4.78, 5) is 25.6. The lowest BCUT2D eigenvalue weighted by Gasteiger charge is -2.29. The Kier molecular flexibility index (Phi) is 62.7. The number of unbranched alkanes of at least 4 members (excludes halogenated alkanes) is 53. The summed E-state index contributed by atoms with van der Waals surface area (Å²) in [6, 6.07) is -0.885. The van der Waals surface area contributed by atoms with Crippen molar-refractivity contribution in [3.05, 3.63) is 24.3 Å². The second-order valence-corrected chi connectivity index (χ2v) is 27.7. The van der Waals surface area contributed by atoms with E-state index in [4.69, 9.17) is 9.05 Å². The van der Waals surface area contributed by atoms with Crippen molar-refractivity contribution in [2.45, 2.75) is 392 Å². The van der Waals surface area contributed by atoms with Gasteiger partial charge in [-0.3, -0.25) is 9.36 Å². The van der Waals surface area contributed by atoms with Crippen molar-refractivity contribution in [3.8, 4) is 0 Å². The molecule has 0 bridgehead atoms. The summed E-state index contributed by atoms with van der Waals surface area (Å²) >= 11 is 0. The van der Waals surface area contributed by atoms with Crippen molar-refractivity contribution in [2.24, 2.45) is 0 Å². The maximum atomic E-state index is 13.0. The lowest BCUT2D eigenvalue weighted by atomic mass is 10.0. The van der Waals surface area contributed by atoms with Gasteiger partial charge in [-0.25, -0.2) is 0 Å². The van der Waals surface area contributed by atoms with Crippen LogP contribution in [-0.4, -0.2) is 68.5 Å². The molecule has 0 aliphatic carbocycles. The van der Waals surface area contributed by atoms with E-state index in [0.29, 0.717) is 17.4 Å². The molecule has 3 unspecified atom stereocenters. The van der Waals surface area contributed by atoms with E-state index in [-0.39, 0.29) is 19.1 Å². The number of allylic oxidation sites excluding steroid dienone is 3. The van der Waals surface area contributed by atoms with E-state index in [2.05, 4.69) is 31.3 Å². The van der Waals surface area contributed by atoms with Gasteiger partial charge in [0, 0.05) is 6.42 Å². The highest BCUT2D eigenvalue weighted by Gasteiger charge is 2.23. The first-order valence-corrected chi connectivity index (χ1v) is 37.7. The Balaban J connectivity index is 3.98. The molecule has 0 aliphatic heterocycles. The van der Waals surface area contributed by atoms with Crippen LogP contribution >= 0.6 is 7.82 Å². The zero-order valence-electron chi connectivity index (χ0n) is 55.3. The van der Waals surface area contributed by atoms with Crippen LogP contribution in [0.2, 0.25) is 0 Å². The third kappa shape index (κ3) is 66.4. The van der Waals surface area contributed by atoms with E-state index in [0.717, 1.165) is 38.5 Å². The van der Waals surface area contributed by atoms with Crippen LogP contribution in [0, 0.1) is 0 Å². The summed E-state index contributed by atoms with van der Waals surface area (Å²) in [5.74, 6) is -0.188. The molecule has 1 amide bonds. The van der Waals surface area contributed by atoms with Crippen molar-refractivity contribution in [1.82, 2.24) is 5.32 Å². The van der Waals surface area contributed by atoms with Crippen LogP contribution < -0.4 is 10.2 Å². The van der Waals surface area contributed by atoms with Gasteiger partial charge in [-0.1, -0.05) is 353 Å². The first kappa shape index (κ1) is 80.0. The third-order valence-electron chi connectivity index (χ3n) is 16.9. The zero-order valence-corrected chi connectivity index (χ0v) is 56.2. The molecule has 482 valence electrons. The summed E-state index contributed by atoms with van der Waals surface area (Å²) in [5, 5.41) is 14.0. The number of likely N-dealkylation sites (N-methyl/N-ethyl adjacent to an activating group) is 1. The van der Waals surface area contributed by atoms with E-state index in [1.807, 2.05) is 27.2 Å². The van der Waals surface area contributed by atoms with Gasteiger partial charge in [-0.05, 0) is 44.9 Å². The predicted octanol–water partition coefficient (Wildman–Crippen LogP) is 22.4. The smallest absolute Gasteiger partial charge is 0.268 e. The van der Waals surface area contributed by atoms with E-state index in [1.165, 1.54) is 321 Å². The number of phosphoric acid groups is 1. The van der Waals surface area contributed by atoms with Crippen molar-refractivity contribution >= 4 is 13.7 Å². The van der Waals surface area contributed by atoms with Gasteiger partial charge in [-0.15, -0.1) is 0 Å². The molecule has 0 aromatic rings. The van der Waals surface area contributed by atoms with Gasteiger partial charge in [-0.2, -0.15) is 0 Å². The van der Waals surface area contributed by atoms with Gasteiger partial charge < -0.3 is 28.8 Å². The standard InChI is InChI=1S/C72H143N2O6P/c1-6-8-10-12-14-16-18-20-22-24-26-28-30-32-33-34-35-36-37-38-39-40-41-42-44-46-48-50-52-54-56-58-60-62-64-66-72(76)73-70(69-80-81(77,78)79-68-67-74(3,4)5)71(75)65-63-61-59-57-55-53-51-49-47-45-43-31-29-27-25-23-21-19-17-15-13-11-9-7-2/h24,26,63,65,70-71,75H,6-23,25,27-62,64,66-69H2,1-5H3,(H-,73,76,77,78)/b26-24-,65-63+. The number of hydrogen-bond acceptors (Lipinski definition) is 6. The average molecular weight is 1160 g/mol. The van der Waals surface area contributed by atoms with Gasteiger partial charge in [0.1, 0.15) is 13.2 Å². The minimum Gasteiger partial charge on any atom is -0.756 e. The number of nitrogens with zero attached hydrogens (tertiary/aromatic N) is 1. The SMILES string of the molecule is CCCCCCCCCC/C=C\CCCCCCCCCCCCCCCCCCCCCCCCCC(=O)NC(COP(=O)([O-])OCC[N+](C)(C)C)C(O)/C=C/CCCCCCCCCCCCCCCCCCCCCCCC. The van der Waals surface area contributed by atoms with Gasteiger partial charge in [0.25, 0.3) is 7.82 Å². The number of nitrogens with one attached hydrogen (secondary N) is 1. The summed E-state index contributed by atoms with van der Waals surface area (Å²) in [5.41, 5.74) is 0. The maximum absolute atomic E-state index is 13.0. The Morgan fingerprint density at radius 3 is 0.963 bits per heavy atom. The van der Waals surface area contributed by atoms with E-state index in [9.17, 15) is 19.4 Å².